The molecule has 28 heavy (non-hydrogen) atoms. The highest BCUT2D eigenvalue weighted by Gasteiger charge is 2.57. The van der Waals surface area contributed by atoms with Crippen LogP contribution in [0.25, 0.3) is 0 Å². The fraction of sp³-hybridized carbons (Fsp3) is 0.391. The molecular formula is C23H26N2O3. The molecule has 2 saturated heterocycles. The number of ether oxygens (including phenoxy) is 1. The van der Waals surface area contributed by atoms with E-state index in [1.807, 2.05) is 68.6 Å². The average Bonchev–Trinajstić information content (AvgIpc) is 2.95. The predicted octanol–water partition coefficient (Wildman–Crippen LogP) is 2.39. The first kappa shape index (κ1) is 18.7. The quantitative estimate of drug-likeness (QED) is 0.824. The van der Waals surface area contributed by atoms with Crippen molar-refractivity contribution in [3.05, 3.63) is 71.3 Å². The monoisotopic (exact) mass is 378 g/mol. The molecular weight excluding hydrogens is 352 g/mol. The number of hydrogen-bond acceptors (Lipinski definition) is 3. The molecule has 1 spiro atoms. The van der Waals surface area contributed by atoms with Crippen LogP contribution in [0, 0.1) is 6.92 Å². The van der Waals surface area contributed by atoms with Gasteiger partial charge in [0.15, 0.2) is 5.60 Å². The molecule has 2 heterocycles. The van der Waals surface area contributed by atoms with E-state index < -0.39 is 5.60 Å². The van der Waals surface area contributed by atoms with Gasteiger partial charge in [-0.3, -0.25) is 9.59 Å². The molecule has 2 aliphatic rings. The Morgan fingerprint density at radius 2 is 1.86 bits per heavy atom. The Hall–Kier alpha value is -2.66. The first-order valence-electron chi connectivity index (χ1n) is 9.77. The van der Waals surface area contributed by atoms with E-state index in [0.29, 0.717) is 32.7 Å². The van der Waals surface area contributed by atoms with Crippen LogP contribution in [-0.2, 0) is 20.7 Å². The Morgan fingerprint density at radius 1 is 1.14 bits per heavy atom. The molecule has 0 bridgehead atoms. The third-order valence-corrected chi connectivity index (χ3v) is 5.91. The molecule has 2 fully saturated rings. The lowest BCUT2D eigenvalue weighted by molar-refractivity contribution is -0.166. The molecule has 4 rings (SSSR count). The number of carbonyl (C=O) groups is 2. The molecule has 0 radical (unpaired) electrons. The Kier molecular flexibility index (Phi) is 4.94. The van der Waals surface area contributed by atoms with Crippen molar-refractivity contribution in [1.29, 1.82) is 0 Å². The summed E-state index contributed by atoms with van der Waals surface area (Å²) in [5.74, 6) is -0.0731. The summed E-state index contributed by atoms with van der Waals surface area (Å²) in [6, 6.07) is 18.0. The van der Waals surface area contributed by atoms with Crippen molar-refractivity contribution in [2.45, 2.75) is 24.9 Å². The minimum atomic E-state index is -0.989. The Bertz CT molecular complexity index is 865. The van der Waals surface area contributed by atoms with Crippen molar-refractivity contribution in [2.75, 3.05) is 33.3 Å². The maximum Gasteiger partial charge on any atom is 0.257 e. The fourth-order valence-electron chi connectivity index (χ4n) is 4.33. The number of amides is 2. The molecule has 5 heteroatoms. The molecule has 5 nitrogen and oxygen atoms in total. The van der Waals surface area contributed by atoms with Gasteiger partial charge in [0.05, 0.1) is 19.6 Å². The Balaban J connectivity index is 1.57. The van der Waals surface area contributed by atoms with Gasteiger partial charge in [-0.2, -0.15) is 0 Å². The Labute approximate surface area is 165 Å². The van der Waals surface area contributed by atoms with E-state index >= 15 is 0 Å². The molecule has 0 N–H and O–H groups in total. The molecule has 0 saturated carbocycles. The van der Waals surface area contributed by atoms with Crippen LogP contribution in [0.1, 0.15) is 22.6 Å². The summed E-state index contributed by atoms with van der Waals surface area (Å²) >= 11 is 0. The van der Waals surface area contributed by atoms with Crippen molar-refractivity contribution in [1.82, 2.24) is 9.80 Å². The summed E-state index contributed by atoms with van der Waals surface area (Å²) < 4.78 is 6.14. The summed E-state index contributed by atoms with van der Waals surface area (Å²) in [5, 5.41) is 0. The van der Waals surface area contributed by atoms with E-state index in [4.69, 9.17) is 4.74 Å². The van der Waals surface area contributed by atoms with E-state index in [1.54, 1.807) is 9.80 Å². The van der Waals surface area contributed by atoms with Crippen LogP contribution >= 0.6 is 0 Å². The van der Waals surface area contributed by atoms with Crippen LogP contribution in [0.2, 0.25) is 0 Å². The van der Waals surface area contributed by atoms with E-state index in [0.717, 1.165) is 11.1 Å². The smallest absolute Gasteiger partial charge is 0.257 e. The van der Waals surface area contributed by atoms with Crippen LogP contribution in [0.3, 0.4) is 0 Å². The summed E-state index contributed by atoms with van der Waals surface area (Å²) in [4.78, 5) is 29.6. The second kappa shape index (κ2) is 7.40. The molecule has 2 aromatic rings. The largest absolute Gasteiger partial charge is 0.361 e. The van der Waals surface area contributed by atoms with Gasteiger partial charge in [-0.15, -0.1) is 0 Å². The van der Waals surface area contributed by atoms with Crippen molar-refractivity contribution in [3.63, 3.8) is 0 Å². The first-order chi connectivity index (χ1) is 13.5. The Morgan fingerprint density at radius 3 is 2.57 bits per heavy atom. The van der Waals surface area contributed by atoms with Crippen molar-refractivity contribution < 1.29 is 14.3 Å². The zero-order chi connectivity index (χ0) is 19.7. The molecule has 2 unspecified atom stereocenters. The van der Waals surface area contributed by atoms with Crippen molar-refractivity contribution in [2.24, 2.45) is 0 Å². The van der Waals surface area contributed by atoms with Gasteiger partial charge in [-0.25, -0.2) is 0 Å². The zero-order valence-electron chi connectivity index (χ0n) is 16.4. The number of rotatable bonds is 3. The van der Waals surface area contributed by atoms with Gasteiger partial charge in [0.25, 0.3) is 5.91 Å². The lowest BCUT2D eigenvalue weighted by atomic mass is 9.83. The standard InChI is InChI=1S/C23H26N2O3/c1-17-8-10-18(11-9-17)14-21(26)25-12-13-28-23(16-25)20(15-24(2)22(23)27)19-6-4-3-5-7-19/h3-11,20H,12-16H2,1-2H3. The third-order valence-electron chi connectivity index (χ3n) is 5.91. The highest BCUT2D eigenvalue weighted by Crippen LogP contribution is 2.41. The summed E-state index contributed by atoms with van der Waals surface area (Å²) in [6.45, 7) is 3.83. The SMILES string of the molecule is Cc1ccc(CC(=O)N2CCOC3(C2)C(=O)N(C)CC3c2ccccc2)cc1. The second-order valence-electron chi connectivity index (χ2n) is 7.86. The molecule has 0 aromatic heterocycles. The van der Waals surface area contributed by atoms with Gasteiger partial charge in [-0.1, -0.05) is 60.2 Å². The summed E-state index contributed by atoms with van der Waals surface area (Å²) in [6.07, 6.45) is 0.344. The van der Waals surface area contributed by atoms with Crippen molar-refractivity contribution in [3.8, 4) is 0 Å². The van der Waals surface area contributed by atoms with Crippen molar-refractivity contribution >= 4 is 11.8 Å². The number of morpholine rings is 1. The topological polar surface area (TPSA) is 49.9 Å². The molecule has 146 valence electrons. The van der Waals surface area contributed by atoms with Gasteiger partial charge in [-0.05, 0) is 18.1 Å². The maximum absolute atomic E-state index is 13.1. The van der Waals surface area contributed by atoms with E-state index in [1.165, 1.54) is 5.56 Å². The molecule has 2 atom stereocenters. The van der Waals surface area contributed by atoms with E-state index in [-0.39, 0.29) is 17.7 Å². The number of hydrogen-bond donors (Lipinski definition) is 0. The zero-order valence-corrected chi connectivity index (χ0v) is 16.4. The number of likely N-dealkylation sites (tertiary alicyclic amines) is 1. The summed E-state index contributed by atoms with van der Waals surface area (Å²) in [5.41, 5.74) is 2.25. The van der Waals surface area contributed by atoms with Gasteiger partial charge >= 0.3 is 0 Å². The van der Waals surface area contributed by atoms with Crippen LogP contribution in [0.4, 0.5) is 0 Å². The number of aryl methyl sites for hydroxylation is 1. The fourth-order valence-corrected chi connectivity index (χ4v) is 4.33. The van der Waals surface area contributed by atoms with Crippen LogP contribution in [-0.4, -0.2) is 60.5 Å². The van der Waals surface area contributed by atoms with E-state index in [9.17, 15) is 9.59 Å². The number of carbonyl (C=O) groups excluding carboxylic acids is 2. The predicted molar refractivity (Wildman–Crippen MR) is 107 cm³/mol. The van der Waals surface area contributed by atoms with Gasteiger partial charge < -0.3 is 14.5 Å². The molecule has 0 aliphatic carbocycles. The van der Waals surface area contributed by atoms with Gasteiger partial charge in [0.2, 0.25) is 5.91 Å². The minimum Gasteiger partial charge on any atom is -0.361 e. The highest BCUT2D eigenvalue weighted by atomic mass is 16.5. The number of benzene rings is 2. The molecule has 2 aliphatic heterocycles. The normalized spacial score (nSPS) is 24.8. The summed E-state index contributed by atoms with van der Waals surface area (Å²) in [7, 11) is 1.81. The van der Waals surface area contributed by atoms with E-state index in [2.05, 4.69) is 0 Å². The lowest BCUT2D eigenvalue weighted by Gasteiger charge is -2.42. The minimum absolute atomic E-state index is 0.0332. The average molecular weight is 378 g/mol. The molecule has 2 amide bonds. The van der Waals surface area contributed by atoms with Crippen LogP contribution in [0.15, 0.2) is 54.6 Å². The number of likely N-dealkylation sites (N-methyl/N-ethyl adjacent to an activating group) is 1. The third kappa shape index (κ3) is 3.31. The van der Waals surface area contributed by atoms with Crippen LogP contribution in [0.5, 0.6) is 0 Å². The maximum atomic E-state index is 13.1. The van der Waals surface area contributed by atoms with Gasteiger partial charge in [0, 0.05) is 26.1 Å². The highest BCUT2D eigenvalue weighted by molar-refractivity contribution is 5.90. The second-order valence-corrected chi connectivity index (χ2v) is 7.86. The first-order valence-corrected chi connectivity index (χ1v) is 9.77. The number of nitrogens with zero attached hydrogens (tertiary/aromatic N) is 2. The lowest BCUT2D eigenvalue weighted by Crippen LogP contribution is -2.59. The van der Waals surface area contributed by atoms with Crippen LogP contribution < -0.4 is 0 Å². The van der Waals surface area contributed by atoms with Gasteiger partial charge in [0.1, 0.15) is 0 Å². The molecule has 2 aromatic carbocycles.